The second-order valence-electron chi connectivity index (χ2n) is 5.34. The SMILES string of the molecule is COc1cc2c(cc1O)CCc1c-2sc(NC(C)=O)c1C(N)=O. The highest BCUT2D eigenvalue weighted by molar-refractivity contribution is 7.20. The molecule has 1 heterocycles. The Balaban J connectivity index is 2.22. The fraction of sp³-hybridized carbons (Fsp3) is 0.250. The minimum Gasteiger partial charge on any atom is -0.504 e. The summed E-state index contributed by atoms with van der Waals surface area (Å²) in [6.45, 7) is 1.39. The predicted octanol–water partition coefficient (Wildman–Crippen LogP) is 2.29. The Labute approximate surface area is 136 Å². The van der Waals surface area contributed by atoms with E-state index >= 15 is 0 Å². The predicted molar refractivity (Wildman–Crippen MR) is 88.2 cm³/mol. The number of aromatic hydroxyl groups is 1. The molecule has 0 radical (unpaired) electrons. The van der Waals surface area contributed by atoms with Crippen molar-refractivity contribution in [3.8, 4) is 21.9 Å². The number of phenolic OH excluding ortho intramolecular Hbond substituents is 1. The number of rotatable bonds is 3. The van der Waals surface area contributed by atoms with Crippen LogP contribution in [0.15, 0.2) is 12.1 Å². The molecule has 3 rings (SSSR count). The molecule has 4 N–H and O–H groups in total. The summed E-state index contributed by atoms with van der Waals surface area (Å²) in [6.07, 6.45) is 1.30. The number of phenols is 1. The van der Waals surface area contributed by atoms with E-state index in [-0.39, 0.29) is 11.7 Å². The molecule has 0 bridgehead atoms. The number of thiophene rings is 1. The summed E-state index contributed by atoms with van der Waals surface area (Å²) in [7, 11) is 1.48. The summed E-state index contributed by atoms with van der Waals surface area (Å²) in [6, 6.07) is 3.43. The van der Waals surface area contributed by atoms with Crippen LogP contribution < -0.4 is 15.8 Å². The number of anilines is 1. The van der Waals surface area contributed by atoms with Gasteiger partial charge >= 0.3 is 0 Å². The van der Waals surface area contributed by atoms with Crippen molar-refractivity contribution >= 4 is 28.2 Å². The lowest BCUT2D eigenvalue weighted by Gasteiger charge is -2.18. The molecule has 120 valence electrons. The first-order valence-corrected chi connectivity index (χ1v) is 7.87. The number of nitrogens with one attached hydrogen (secondary N) is 1. The Hall–Kier alpha value is -2.54. The Morgan fingerprint density at radius 1 is 1.35 bits per heavy atom. The molecule has 0 aliphatic heterocycles. The Bertz CT molecular complexity index is 826. The second kappa shape index (κ2) is 5.58. The van der Waals surface area contributed by atoms with Crippen molar-refractivity contribution in [2.75, 3.05) is 12.4 Å². The lowest BCUT2D eigenvalue weighted by atomic mass is 9.88. The lowest BCUT2D eigenvalue weighted by Crippen LogP contribution is -2.17. The van der Waals surface area contributed by atoms with Gasteiger partial charge in [0.15, 0.2) is 11.5 Å². The maximum Gasteiger partial charge on any atom is 0.252 e. The van der Waals surface area contributed by atoms with Gasteiger partial charge in [-0.3, -0.25) is 9.59 Å². The molecular formula is C16H16N2O4S. The summed E-state index contributed by atoms with van der Waals surface area (Å²) in [4.78, 5) is 24.1. The molecule has 2 aromatic rings. The fourth-order valence-electron chi connectivity index (χ4n) is 2.88. The molecule has 6 nitrogen and oxygen atoms in total. The zero-order valence-electron chi connectivity index (χ0n) is 12.7. The van der Waals surface area contributed by atoms with E-state index in [1.807, 2.05) is 0 Å². The third-order valence-electron chi connectivity index (χ3n) is 3.84. The summed E-state index contributed by atoms with van der Waals surface area (Å²) >= 11 is 1.32. The number of fused-ring (bicyclic) bond motifs is 3. The van der Waals surface area contributed by atoms with Crippen LogP contribution in [-0.4, -0.2) is 24.0 Å². The van der Waals surface area contributed by atoms with Gasteiger partial charge in [-0.25, -0.2) is 0 Å². The van der Waals surface area contributed by atoms with Gasteiger partial charge in [0.2, 0.25) is 5.91 Å². The van der Waals surface area contributed by atoms with Crippen LogP contribution in [0.3, 0.4) is 0 Å². The van der Waals surface area contributed by atoms with Gasteiger partial charge in [-0.15, -0.1) is 11.3 Å². The van der Waals surface area contributed by atoms with E-state index in [0.717, 1.165) is 21.6 Å². The van der Waals surface area contributed by atoms with Gasteiger partial charge in [0.05, 0.1) is 12.7 Å². The molecule has 1 aromatic heterocycles. The van der Waals surface area contributed by atoms with Gasteiger partial charge in [-0.05, 0) is 41.7 Å². The fourth-order valence-corrected chi connectivity index (χ4v) is 4.23. The number of aryl methyl sites for hydroxylation is 1. The topological polar surface area (TPSA) is 102 Å². The highest BCUT2D eigenvalue weighted by Crippen LogP contribution is 2.47. The summed E-state index contributed by atoms with van der Waals surface area (Å²) in [5.74, 6) is -0.356. The van der Waals surface area contributed by atoms with Crippen molar-refractivity contribution in [3.63, 3.8) is 0 Å². The average Bonchev–Trinajstić information content (AvgIpc) is 2.83. The maximum absolute atomic E-state index is 11.8. The Morgan fingerprint density at radius 3 is 2.70 bits per heavy atom. The van der Waals surface area contributed by atoms with Gasteiger partial charge in [0.1, 0.15) is 5.00 Å². The van der Waals surface area contributed by atoms with Gasteiger partial charge < -0.3 is 20.9 Å². The molecule has 1 aliphatic rings. The molecule has 1 aliphatic carbocycles. The molecule has 2 amide bonds. The zero-order chi connectivity index (χ0) is 16.7. The Morgan fingerprint density at radius 2 is 2.09 bits per heavy atom. The van der Waals surface area contributed by atoms with Crippen molar-refractivity contribution in [2.45, 2.75) is 19.8 Å². The highest BCUT2D eigenvalue weighted by Gasteiger charge is 2.28. The summed E-state index contributed by atoms with van der Waals surface area (Å²) < 4.78 is 5.17. The molecule has 0 atom stereocenters. The first-order chi connectivity index (χ1) is 10.9. The van der Waals surface area contributed by atoms with Crippen molar-refractivity contribution < 1.29 is 19.4 Å². The molecule has 0 spiro atoms. The molecule has 7 heteroatoms. The molecule has 0 fully saturated rings. The normalized spacial score (nSPS) is 12.3. The van der Waals surface area contributed by atoms with Crippen molar-refractivity contribution in [1.82, 2.24) is 0 Å². The molecule has 23 heavy (non-hydrogen) atoms. The number of carbonyl (C=O) groups is 2. The Kier molecular flexibility index (Phi) is 3.73. The van der Waals surface area contributed by atoms with Crippen molar-refractivity contribution in [3.05, 3.63) is 28.8 Å². The minimum atomic E-state index is -0.555. The molecule has 1 aromatic carbocycles. The third-order valence-corrected chi connectivity index (χ3v) is 5.02. The number of hydrogen-bond acceptors (Lipinski definition) is 5. The van der Waals surface area contributed by atoms with Crippen LogP contribution in [-0.2, 0) is 17.6 Å². The quantitative estimate of drug-likeness (QED) is 0.802. The van der Waals surface area contributed by atoms with Crippen molar-refractivity contribution in [2.24, 2.45) is 5.73 Å². The molecular weight excluding hydrogens is 316 g/mol. The standard InChI is InChI=1S/C16H16N2O4S/c1-7(19)18-16-13(15(17)21)9-4-3-8-5-11(20)12(22-2)6-10(8)14(9)23-16/h5-6,20H,3-4H2,1-2H3,(H2,17,21)(H,18,19). The van der Waals surface area contributed by atoms with E-state index in [4.69, 9.17) is 10.5 Å². The number of hydrogen-bond donors (Lipinski definition) is 3. The smallest absolute Gasteiger partial charge is 0.252 e. The monoisotopic (exact) mass is 332 g/mol. The zero-order valence-corrected chi connectivity index (χ0v) is 13.5. The molecule has 0 unspecified atom stereocenters. The van der Waals surface area contributed by atoms with Crippen LogP contribution in [0.4, 0.5) is 5.00 Å². The number of benzene rings is 1. The van der Waals surface area contributed by atoms with Gasteiger partial charge in [-0.1, -0.05) is 0 Å². The van der Waals surface area contributed by atoms with Crippen LogP contribution >= 0.6 is 11.3 Å². The number of nitrogens with two attached hydrogens (primary N) is 1. The summed E-state index contributed by atoms with van der Waals surface area (Å²) in [5.41, 5.74) is 8.59. The first-order valence-electron chi connectivity index (χ1n) is 7.05. The van der Waals surface area contributed by atoms with E-state index in [0.29, 0.717) is 29.2 Å². The van der Waals surface area contributed by atoms with E-state index in [2.05, 4.69) is 5.32 Å². The van der Waals surface area contributed by atoms with E-state index in [1.54, 1.807) is 12.1 Å². The van der Waals surface area contributed by atoms with E-state index in [9.17, 15) is 14.7 Å². The van der Waals surface area contributed by atoms with Crippen molar-refractivity contribution in [1.29, 1.82) is 0 Å². The van der Waals surface area contributed by atoms with Crippen LogP contribution in [0.2, 0.25) is 0 Å². The first kappa shape index (κ1) is 15.4. The molecule has 0 saturated carbocycles. The number of primary amides is 1. The number of methoxy groups -OCH3 is 1. The van der Waals surface area contributed by atoms with E-state index in [1.165, 1.54) is 25.4 Å². The third kappa shape index (κ3) is 2.53. The average molecular weight is 332 g/mol. The van der Waals surface area contributed by atoms with Crippen LogP contribution in [0, 0.1) is 0 Å². The van der Waals surface area contributed by atoms with Crippen LogP contribution in [0.5, 0.6) is 11.5 Å². The minimum absolute atomic E-state index is 0.0865. The lowest BCUT2D eigenvalue weighted by molar-refractivity contribution is -0.114. The largest absolute Gasteiger partial charge is 0.504 e. The maximum atomic E-state index is 11.8. The number of amides is 2. The van der Waals surface area contributed by atoms with Crippen LogP contribution in [0.1, 0.15) is 28.4 Å². The number of carbonyl (C=O) groups excluding carboxylic acids is 2. The number of ether oxygens (including phenoxy) is 1. The second-order valence-corrected chi connectivity index (χ2v) is 6.36. The highest BCUT2D eigenvalue weighted by atomic mass is 32.1. The van der Waals surface area contributed by atoms with Crippen LogP contribution in [0.25, 0.3) is 10.4 Å². The van der Waals surface area contributed by atoms with Gasteiger partial charge in [0.25, 0.3) is 5.91 Å². The van der Waals surface area contributed by atoms with E-state index < -0.39 is 5.91 Å². The summed E-state index contributed by atoms with van der Waals surface area (Å²) in [5, 5.41) is 13.1. The molecule has 0 saturated heterocycles. The van der Waals surface area contributed by atoms with Gasteiger partial charge in [-0.2, -0.15) is 0 Å². The van der Waals surface area contributed by atoms with Gasteiger partial charge in [0, 0.05) is 11.8 Å².